The minimum Gasteiger partial charge on any atom is -0.366 e. The van der Waals surface area contributed by atoms with Crippen LogP contribution < -0.4 is 5.73 Å². The first-order valence-electron chi connectivity index (χ1n) is 9.57. The molecule has 0 spiro atoms. The van der Waals surface area contributed by atoms with Crippen LogP contribution in [-0.2, 0) is 5.41 Å². The van der Waals surface area contributed by atoms with Crippen molar-refractivity contribution in [3.05, 3.63) is 70.3 Å². The number of amides is 2. The Labute approximate surface area is 170 Å². The van der Waals surface area contributed by atoms with Gasteiger partial charge >= 0.3 is 0 Å². The third-order valence-electron chi connectivity index (χ3n) is 5.08. The van der Waals surface area contributed by atoms with Crippen LogP contribution in [-0.4, -0.2) is 30.3 Å². The van der Waals surface area contributed by atoms with Crippen molar-refractivity contribution in [2.45, 2.75) is 45.4 Å². The molecule has 2 aromatic carbocycles. The molecule has 0 heterocycles. The predicted molar refractivity (Wildman–Crippen MR) is 110 cm³/mol. The van der Waals surface area contributed by atoms with E-state index in [0.29, 0.717) is 24.1 Å². The van der Waals surface area contributed by atoms with Gasteiger partial charge in [0.05, 0.1) is 0 Å². The lowest BCUT2D eigenvalue weighted by Gasteiger charge is -2.23. The number of hydrogen-bond donors (Lipinski definition) is 1. The Bertz CT molecular complexity index is 920. The fraction of sp³-hybridized carbons (Fsp3) is 0.391. The van der Waals surface area contributed by atoms with Gasteiger partial charge in [-0.3, -0.25) is 9.59 Å². The van der Waals surface area contributed by atoms with E-state index in [4.69, 9.17) is 5.73 Å². The summed E-state index contributed by atoms with van der Waals surface area (Å²) in [6.07, 6.45) is 0.441. The Morgan fingerprint density at radius 2 is 1.76 bits per heavy atom. The summed E-state index contributed by atoms with van der Waals surface area (Å²) in [7, 11) is 1.64. The minimum absolute atomic E-state index is 0.153. The highest BCUT2D eigenvalue weighted by Gasteiger charge is 2.23. The maximum absolute atomic E-state index is 14.3. The lowest BCUT2D eigenvalue weighted by Crippen LogP contribution is -2.29. The van der Waals surface area contributed by atoms with E-state index >= 15 is 0 Å². The van der Waals surface area contributed by atoms with E-state index in [1.807, 2.05) is 20.8 Å². The predicted octanol–water partition coefficient (Wildman–Crippen LogP) is 4.63. The molecule has 2 N–H and O–H groups in total. The second-order valence-corrected chi connectivity index (χ2v) is 8.43. The van der Waals surface area contributed by atoms with Gasteiger partial charge in [0, 0.05) is 30.3 Å². The number of benzene rings is 2. The van der Waals surface area contributed by atoms with E-state index in [0.717, 1.165) is 0 Å². The summed E-state index contributed by atoms with van der Waals surface area (Å²) in [6.45, 7) is 7.79. The van der Waals surface area contributed by atoms with Gasteiger partial charge in [0.25, 0.3) is 5.91 Å². The topological polar surface area (TPSA) is 63.4 Å². The number of halogens is 2. The third kappa shape index (κ3) is 5.19. The van der Waals surface area contributed by atoms with E-state index in [2.05, 4.69) is 0 Å². The molecule has 156 valence electrons. The highest BCUT2D eigenvalue weighted by Crippen LogP contribution is 2.28. The SMILES string of the molecule is CC(CCN(C)C(=O)c1ccc(F)c(C(C)(C)C)c1)c1c(F)cccc1C(N)=O. The molecule has 0 radical (unpaired) electrons. The Balaban J connectivity index is 2.15. The van der Waals surface area contributed by atoms with Crippen molar-refractivity contribution in [1.82, 2.24) is 4.90 Å². The molecule has 4 nitrogen and oxygen atoms in total. The first kappa shape index (κ1) is 22.5. The molecule has 0 saturated carbocycles. The first-order chi connectivity index (χ1) is 13.4. The van der Waals surface area contributed by atoms with Crippen molar-refractivity contribution in [1.29, 1.82) is 0 Å². The van der Waals surface area contributed by atoms with E-state index in [1.54, 1.807) is 20.0 Å². The molecule has 0 aromatic heterocycles. The number of nitrogens with two attached hydrogens (primary N) is 1. The molecule has 1 unspecified atom stereocenters. The zero-order chi connectivity index (χ0) is 21.9. The maximum atomic E-state index is 14.3. The van der Waals surface area contributed by atoms with Crippen molar-refractivity contribution in [2.24, 2.45) is 5.73 Å². The third-order valence-corrected chi connectivity index (χ3v) is 5.08. The number of hydrogen-bond acceptors (Lipinski definition) is 2. The summed E-state index contributed by atoms with van der Waals surface area (Å²) in [6, 6.07) is 8.60. The summed E-state index contributed by atoms with van der Waals surface area (Å²) in [5.41, 5.74) is 6.22. The van der Waals surface area contributed by atoms with Crippen molar-refractivity contribution < 1.29 is 18.4 Å². The Kier molecular flexibility index (Phi) is 6.77. The molecule has 2 amide bonds. The van der Waals surface area contributed by atoms with Crippen molar-refractivity contribution in [2.75, 3.05) is 13.6 Å². The second kappa shape index (κ2) is 8.72. The fourth-order valence-electron chi connectivity index (χ4n) is 3.34. The smallest absolute Gasteiger partial charge is 0.253 e. The molecule has 0 fully saturated rings. The molecule has 0 aliphatic carbocycles. The Hall–Kier alpha value is -2.76. The summed E-state index contributed by atoms with van der Waals surface area (Å²) in [5.74, 6) is -2.07. The first-order valence-corrected chi connectivity index (χ1v) is 9.57. The van der Waals surface area contributed by atoms with Crippen LogP contribution in [0.2, 0.25) is 0 Å². The number of carbonyl (C=O) groups excluding carboxylic acids is 2. The van der Waals surface area contributed by atoms with Gasteiger partial charge in [-0.2, -0.15) is 0 Å². The van der Waals surface area contributed by atoms with Gasteiger partial charge in [0.15, 0.2) is 0 Å². The lowest BCUT2D eigenvalue weighted by molar-refractivity contribution is 0.0790. The summed E-state index contributed by atoms with van der Waals surface area (Å²) in [5, 5.41) is 0. The largest absolute Gasteiger partial charge is 0.366 e. The molecular formula is C23H28F2N2O2. The van der Waals surface area contributed by atoms with Gasteiger partial charge in [-0.15, -0.1) is 0 Å². The van der Waals surface area contributed by atoms with Crippen LogP contribution in [0.5, 0.6) is 0 Å². The van der Waals surface area contributed by atoms with Crippen LogP contribution in [0.1, 0.15) is 71.9 Å². The molecule has 0 aliphatic rings. The van der Waals surface area contributed by atoms with Gasteiger partial charge in [-0.25, -0.2) is 8.78 Å². The summed E-state index contributed by atoms with van der Waals surface area (Å²) < 4.78 is 28.4. The normalized spacial score (nSPS) is 12.5. The average Bonchev–Trinajstić information content (AvgIpc) is 2.64. The zero-order valence-corrected chi connectivity index (χ0v) is 17.6. The molecule has 1 atom stereocenters. The second-order valence-electron chi connectivity index (χ2n) is 8.43. The van der Waals surface area contributed by atoms with Crippen molar-refractivity contribution >= 4 is 11.8 Å². The molecule has 29 heavy (non-hydrogen) atoms. The molecule has 0 bridgehead atoms. The van der Waals surface area contributed by atoms with E-state index in [1.165, 1.54) is 35.2 Å². The Morgan fingerprint density at radius 1 is 1.10 bits per heavy atom. The van der Waals surface area contributed by atoms with E-state index < -0.39 is 17.1 Å². The summed E-state index contributed by atoms with van der Waals surface area (Å²) in [4.78, 5) is 25.9. The minimum atomic E-state index is -0.684. The van der Waals surface area contributed by atoms with Gasteiger partial charge in [0.1, 0.15) is 11.6 Å². The summed E-state index contributed by atoms with van der Waals surface area (Å²) >= 11 is 0. The van der Waals surface area contributed by atoms with E-state index in [9.17, 15) is 18.4 Å². The van der Waals surface area contributed by atoms with Crippen LogP contribution in [0.3, 0.4) is 0 Å². The molecule has 0 saturated heterocycles. The average molecular weight is 402 g/mol. The lowest BCUT2D eigenvalue weighted by atomic mass is 9.85. The monoisotopic (exact) mass is 402 g/mol. The fourth-order valence-corrected chi connectivity index (χ4v) is 3.34. The van der Waals surface area contributed by atoms with Crippen molar-refractivity contribution in [3.63, 3.8) is 0 Å². The van der Waals surface area contributed by atoms with Gasteiger partial charge in [-0.05, 0) is 53.6 Å². The molecular weight excluding hydrogens is 374 g/mol. The number of primary amides is 1. The number of carbonyl (C=O) groups is 2. The van der Waals surface area contributed by atoms with Crippen LogP contribution in [0.15, 0.2) is 36.4 Å². The maximum Gasteiger partial charge on any atom is 0.253 e. The molecule has 0 aliphatic heterocycles. The molecule has 2 rings (SSSR count). The van der Waals surface area contributed by atoms with Gasteiger partial charge in [-0.1, -0.05) is 33.8 Å². The quantitative estimate of drug-likeness (QED) is 0.766. The standard InChI is InChI=1S/C23H28F2N2O2/c1-14(20-16(21(26)28)7-6-8-19(20)25)11-12-27(5)22(29)15-9-10-18(24)17(13-15)23(2,3)4/h6-10,13-14H,11-12H2,1-5H3,(H2,26,28). The van der Waals surface area contributed by atoms with Gasteiger partial charge < -0.3 is 10.6 Å². The number of rotatable bonds is 6. The van der Waals surface area contributed by atoms with Crippen LogP contribution in [0, 0.1) is 11.6 Å². The van der Waals surface area contributed by atoms with E-state index in [-0.39, 0.29) is 28.8 Å². The number of nitrogens with zero attached hydrogens (tertiary/aromatic N) is 1. The highest BCUT2D eigenvalue weighted by molar-refractivity contribution is 5.95. The van der Waals surface area contributed by atoms with Crippen molar-refractivity contribution in [3.8, 4) is 0 Å². The van der Waals surface area contributed by atoms with Crippen LogP contribution >= 0.6 is 0 Å². The zero-order valence-electron chi connectivity index (χ0n) is 17.6. The highest BCUT2D eigenvalue weighted by atomic mass is 19.1. The van der Waals surface area contributed by atoms with Crippen LogP contribution in [0.25, 0.3) is 0 Å². The molecule has 2 aromatic rings. The van der Waals surface area contributed by atoms with Gasteiger partial charge in [0.2, 0.25) is 5.91 Å². The Morgan fingerprint density at radius 3 is 2.34 bits per heavy atom. The van der Waals surface area contributed by atoms with Crippen LogP contribution in [0.4, 0.5) is 8.78 Å². The molecule has 6 heteroatoms.